The molecule has 0 heterocycles. The van der Waals surface area contributed by atoms with Gasteiger partial charge in [0.2, 0.25) is 0 Å². The highest BCUT2D eigenvalue weighted by molar-refractivity contribution is 7.90. The Labute approximate surface area is 150 Å². The van der Waals surface area contributed by atoms with Crippen molar-refractivity contribution in [2.24, 2.45) is 0 Å². The van der Waals surface area contributed by atoms with Crippen molar-refractivity contribution in [3.8, 4) is 5.75 Å². The van der Waals surface area contributed by atoms with E-state index in [1.165, 1.54) is 55.5 Å². The van der Waals surface area contributed by atoms with Gasteiger partial charge in [0.15, 0.2) is 15.9 Å². The summed E-state index contributed by atoms with van der Waals surface area (Å²) in [5.41, 5.74) is 4.58. The van der Waals surface area contributed by atoms with Crippen molar-refractivity contribution in [2.45, 2.75) is 17.9 Å². The fourth-order valence-corrected chi connectivity index (χ4v) is 2.55. The second kappa shape index (κ2) is 7.96. The van der Waals surface area contributed by atoms with Crippen molar-refractivity contribution in [3.63, 3.8) is 0 Å². The molecule has 9 heteroatoms. The van der Waals surface area contributed by atoms with Crippen LogP contribution in [0.2, 0.25) is 0 Å². The summed E-state index contributed by atoms with van der Waals surface area (Å²) in [5.74, 6) is -1.36. The van der Waals surface area contributed by atoms with E-state index in [0.29, 0.717) is 5.75 Å². The van der Waals surface area contributed by atoms with Gasteiger partial charge in [0, 0.05) is 11.8 Å². The SMILES string of the molecule is C[C@@H](Oc1ccc(F)cc1)C(=O)NNC(=O)c1ccc(S(C)(=O)=O)cc1. The molecular formula is C17H17FN2O5S. The number of benzene rings is 2. The molecule has 0 aromatic heterocycles. The van der Waals surface area contributed by atoms with Gasteiger partial charge in [0.1, 0.15) is 11.6 Å². The summed E-state index contributed by atoms with van der Waals surface area (Å²) < 4.78 is 40.9. The predicted molar refractivity (Wildman–Crippen MR) is 91.7 cm³/mol. The van der Waals surface area contributed by atoms with Crippen molar-refractivity contribution in [2.75, 3.05) is 6.26 Å². The van der Waals surface area contributed by atoms with Gasteiger partial charge in [-0.3, -0.25) is 20.4 Å². The van der Waals surface area contributed by atoms with E-state index in [4.69, 9.17) is 4.74 Å². The van der Waals surface area contributed by atoms with Crippen molar-refractivity contribution in [3.05, 3.63) is 59.9 Å². The Kier molecular flexibility index (Phi) is 5.93. The molecule has 0 spiro atoms. The Balaban J connectivity index is 1.89. The molecule has 7 nitrogen and oxygen atoms in total. The lowest BCUT2D eigenvalue weighted by molar-refractivity contribution is -0.128. The maximum absolute atomic E-state index is 12.8. The van der Waals surface area contributed by atoms with Gasteiger partial charge in [-0.2, -0.15) is 0 Å². The van der Waals surface area contributed by atoms with Gasteiger partial charge in [-0.15, -0.1) is 0 Å². The van der Waals surface area contributed by atoms with Crippen LogP contribution in [0.3, 0.4) is 0 Å². The lowest BCUT2D eigenvalue weighted by Gasteiger charge is -2.15. The first-order valence-corrected chi connectivity index (χ1v) is 9.38. The third-order valence-corrected chi connectivity index (χ3v) is 4.47. The van der Waals surface area contributed by atoms with Gasteiger partial charge >= 0.3 is 0 Å². The first-order valence-electron chi connectivity index (χ1n) is 7.49. The number of halogens is 1. The number of hydrogen-bond acceptors (Lipinski definition) is 5. The number of hydrogen-bond donors (Lipinski definition) is 2. The van der Waals surface area contributed by atoms with E-state index in [9.17, 15) is 22.4 Å². The van der Waals surface area contributed by atoms with Gasteiger partial charge in [0.05, 0.1) is 4.90 Å². The molecule has 0 fully saturated rings. The van der Waals surface area contributed by atoms with E-state index < -0.39 is 33.6 Å². The van der Waals surface area contributed by atoms with Crippen molar-refractivity contribution >= 4 is 21.7 Å². The Morgan fingerprint density at radius 2 is 1.58 bits per heavy atom. The molecule has 0 saturated carbocycles. The summed E-state index contributed by atoms with van der Waals surface area (Å²) in [6.07, 6.45) is 0.124. The van der Waals surface area contributed by atoms with E-state index in [1.54, 1.807) is 0 Å². The number of sulfone groups is 1. The summed E-state index contributed by atoms with van der Waals surface area (Å²) >= 11 is 0. The van der Waals surface area contributed by atoms with Crippen LogP contribution in [0.5, 0.6) is 5.75 Å². The largest absolute Gasteiger partial charge is 0.481 e. The van der Waals surface area contributed by atoms with Crippen LogP contribution in [0.1, 0.15) is 17.3 Å². The fraction of sp³-hybridized carbons (Fsp3) is 0.176. The van der Waals surface area contributed by atoms with E-state index in [2.05, 4.69) is 10.9 Å². The Morgan fingerprint density at radius 1 is 1.00 bits per heavy atom. The highest BCUT2D eigenvalue weighted by Gasteiger charge is 2.16. The molecule has 0 saturated heterocycles. The van der Waals surface area contributed by atoms with Crippen molar-refractivity contribution in [1.29, 1.82) is 0 Å². The highest BCUT2D eigenvalue weighted by Crippen LogP contribution is 2.13. The summed E-state index contributed by atoms with van der Waals surface area (Å²) in [4.78, 5) is 24.0. The van der Waals surface area contributed by atoms with Crippen LogP contribution in [-0.4, -0.2) is 32.6 Å². The van der Waals surface area contributed by atoms with Crippen molar-refractivity contribution in [1.82, 2.24) is 10.9 Å². The molecule has 0 radical (unpaired) electrons. The Bertz CT molecular complexity index is 896. The molecule has 26 heavy (non-hydrogen) atoms. The molecular weight excluding hydrogens is 363 g/mol. The molecule has 138 valence electrons. The summed E-state index contributed by atoms with van der Waals surface area (Å²) in [6, 6.07) is 10.4. The lowest BCUT2D eigenvalue weighted by atomic mass is 10.2. The highest BCUT2D eigenvalue weighted by atomic mass is 32.2. The number of nitrogens with one attached hydrogen (secondary N) is 2. The number of amides is 2. The third kappa shape index (κ3) is 5.28. The minimum Gasteiger partial charge on any atom is -0.481 e. The molecule has 2 N–H and O–H groups in total. The smallest absolute Gasteiger partial charge is 0.279 e. The number of ether oxygens (including phenoxy) is 1. The number of carbonyl (C=O) groups is 2. The van der Waals surface area contributed by atoms with Gasteiger partial charge in [-0.1, -0.05) is 0 Å². The van der Waals surface area contributed by atoms with E-state index >= 15 is 0 Å². The first-order chi connectivity index (χ1) is 12.2. The second-order valence-corrected chi connectivity index (χ2v) is 7.47. The van der Waals surface area contributed by atoms with E-state index in [-0.39, 0.29) is 10.5 Å². The number of rotatable bonds is 5. The summed E-state index contributed by atoms with van der Waals surface area (Å²) in [7, 11) is -3.36. The van der Waals surface area contributed by atoms with Crippen LogP contribution in [0.15, 0.2) is 53.4 Å². The molecule has 0 aliphatic heterocycles. The number of carbonyl (C=O) groups excluding carboxylic acids is 2. The minimum atomic E-state index is -3.36. The summed E-state index contributed by atoms with van der Waals surface area (Å²) in [6.45, 7) is 1.46. The van der Waals surface area contributed by atoms with Crippen LogP contribution < -0.4 is 15.6 Å². The Hall–Kier alpha value is -2.94. The van der Waals surface area contributed by atoms with Crippen molar-refractivity contribution < 1.29 is 27.1 Å². The molecule has 2 aromatic carbocycles. The molecule has 2 aromatic rings. The molecule has 0 unspecified atom stereocenters. The zero-order valence-corrected chi connectivity index (χ0v) is 14.8. The average Bonchev–Trinajstić information content (AvgIpc) is 2.60. The Morgan fingerprint density at radius 3 is 2.12 bits per heavy atom. The van der Waals surface area contributed by atoms with Gasteiger partial charge in [-0.05, 0) is 55.5 Å². The quantitative estimate of drug-likeness (QED) is 0.765. The summed E-state index contributed by atoms with van der Waals surface area (Å²) in [5, 5.41) is 0. The van der Waals surface area contributed by atoms with Gasteiger partial charge in [0.25, 0.3) is 11.8 Å². The molecule has 1 atom stereocenters. The van der Waals surface area contributed by atoms with Crippen LogP contribution in [-0.2, 0) is 14.6 Å². The number of hydrazine groups is 1. The van der Waals surface area contributed by atoms with E-state index in [0.717, 1.165) is 6.26 Å². The zero-order chi connectivity index (χ0) is 19.3. The monoisotopic (exact) mass is 380 g/mol. The second-order valence-electron chi connectivity index (χ2n) is 5.45. The fourth-order valence-electron chi connectivity index (χ4n) is 1.92. The van der Waals surface area contributed by atoms with Crippen LogP contribution in [0, 0.1) is 5.82 Å². The maximum Gasteiger partial charge on any atom is 0.279 e. The van der Waals surface area contributed by atoms with Crippen LogP contribution >= 0.6 is 0 Å². The normalized spacial score (nSPS) is 12.1. The predicted octanol–water partition coefficient (Wildman–Crippen LogP) is 1.46. The molecule has 2 amide bonds. The molecule has 0 aliphatic carbocycles. The van der Waals surface area contributed by atoms with Crippen LogP contribution in [0.25, 0.3) is 0 Å². The van der Waals surface area contributed by atoms with E-state index in [1.807, 2.05) is 0 Å². The standard InChI is InChI=1S/C17H17FN2O5S/c1-11(25-14-7-5-13(18)6-8-14)16(21)19-20-17(22)12-3-9-15(10-4-12)26(2,23)24/h3-11H,1-2H3,(H,19,21)(H,20,22)/t11-/m1/s1. The zero-order valence-electron chi connectivity index (χ0n) is 14.0. The minimum absolute atomic E-state index is 0.0828. The maximum atomic E-state index is 12.8. The van der Waals surface area contributed by atoms with Gasteiger partial charge < -0.3 is 4.74 Å². The molecule has 0 aliphatic rings. The van der Waals surface area contributed by atoms with Gasteiger partial charge in [-0.25, -0.2) is 12.8 Å². The molecule has 2 rings (SSSR count). The van der Waals surface area contributed by atoms with Crippen LogP contribution in [0.4, 0.5) is 4.39 Å². The first kappa shape index (κ1) is 19.4. The topological polar surface area (TPSA) is 102 Å². The third-order valence-electron chi connectivity index (χ3n) is 3.34. The molecule has 0 bridgehead atoms. The lowest BCUT2D eigenvalue weighted by Crippen LogP contribution is -2.47. The average molecular weight is 380 g/mol.